The average Bonchev–Trinajstić information content (AvgIpc) is 2.41. The first-order valence-electron chi connectivity index (χ1n) is 10.6. The van der Waals surface area contributed by atoms with Gasteiger partial charge < -0.3 is 70.0 Å². The van der Waals surface area contributed by atoms with E-state index in [1.807, 2.05) is 42.3 Å². The van der Waals surface area contributed by atoms with Crippen LogP contribution in [0.5, 0.6) is 0 Å². The molecule has 0 unspecified atom stereocenters. The molecule has 0 heterocycles. The van der Waals surface area contributed by atoms with Gasteiger partial charge in [-0.15, -0.1) is 0 Å². The summed E-state index contributed by atoms with van der Waals surface area (Å²) in [7, 11) is 19.0. The SMILES string of the molecule is C[N+](C)(C)CCO.C[N+](C)(C)CCO.C[N+](C)(C)CC[O-].C[N+](C)(C)CC[O-].O=P([O-])([O-])[O-].[Ca+2].[Cl-]. The van der Waals surface area contributed by atoms with Gasteiger partial charge in [0.1, 0.15) is 13.1 Å². The van der Waals surface area contributed by atoms with E-state index < -0.39 is 7.82 Å². The maximum absolute atomic E-state index is 9.93. The van der Waals surface area contributed by atoms with Crippen LogP contribution in [-0.4, -0.2) is 203 Å². The molecular formula is C20H54CaClN4O8P. The maximum Gasteiger partial charge on any atom is 2.00 e. The zero-order chi connectivity index (χ0) is 28.2. The maximum atomic E-state index is 9.93. The van der Waals surface area contributed by atoms with Gasteiger partial charge in [-0.05, 0) is 0 Å². The fourth-order valence-corrected chi connectivity index (χ4v) is 1.15. The molecule has 0 spiro atoms. The Bertz CT molecular complexity index is 392. The van der Waals surface area contributed by atoms with Gasteiger partial charge in [0.15, 0.2) is 0 Å². The van der Waals surface area contributed by atoms with E-state index in [9.17, 15) is 10.2 Å². The van der Waals surface area contributed by atoms with E-state index in [0.29, 0.717) is 0 Å². The number of rotatable bonds is 8. The molecule has 0 aromatic heterocycles. The minimum atomic E-state index is -5.39. The van der Waals surface area contributed by atoms with Gasteiger partial charge in [0.2, 0.25) is 0 Å². The van der Waals surface area contributed by atoms with Gasteiger partial charge in [-0.1, -0.05) is 13.2 Å². The number of quaternary nitrogens is 4. The predicted octanol–water partition coefficient (Wildman–Crippen LogP) is -8.73. The van der Waals surface area contributed by atoms with E-state index in [2.05, 4.69) is 42.3 Å². The number of nitrogens with zero attached hydrogens (tertiary/aromatic N) is 4. The first kappa shape index (κ1) is 52.7. The summed E-state index contributed by atoms with van der Waals surface area (Å²) < 4.78 is 11.8. The van der Waals surface area contributed by atoms with Gasteiger partial charge in [-0.25, -0.2) is 0 Å². The summed E-state index contributed by atoms with van der Waals surface area (Å²) in [4.78, 5) is 25.6. The summed E-state index contributed by atoms with van der Waals surface area (Å²) >= 11 is 0. The normalized spacial score (nSPS) is 11.3. The molecule has 12 nitrogen and oxygen atoms in total. The quantitative estimate of drug-likeness (QED) is 0.161. The Morgan fingerprint density at radius 1 is 0.543 bits per heavy atom. The topological polar surface area (TPSA) is 173 Å². The average molecular weight is 585 g/mol. The Kier molecular flexibility index (Phi) is 40.6. The van der Waals surface area contributed by atoms with Gasteiger partial charge in [-0.3, -0.25) is 0 Å². The van der Waals surface area contributed by atoms with E-state index in [4.69, 9.17) is 29.5 Å². The number of aliphatic hydroxyl groups is 2. The van der Waals surface area contributed by atoms with Crippen LogP contribution in [-0.2, 0) is 4.57 Å². The third kappa shape index (κ3) is 131. The standard InChI is InChI=1S/2C5H14NO.2C5H13NO.Ca.ClH.H3O4P/c4*1-6(2,3)4-5-7;;;1-5(2,3)4/h2*7H,4-5H2,1-3H3;2*4-5H2,1-3H3;;1H;(H3,1,2,3,4)/q2*+1;;;+2;;/p-4. The molecule has 0 aliphatic carbocycles. The molecule has 0 bridgehead atoms. The summed E-state index contributed by atoms with van der Waals surface area (Å²) in [5.41, 5.74) is 0. The smallest absolute Gasteiger partial charge is 1.00 e. The van der Waals surface area contributed by atoms with Crippen LogP contribution in [0.4, 0.5) is 0 Å². The summed E-state index contributed by atoms with van der Waals surface area (Å²) in [5, 5.41) is 36.6. The van der Waals surface area contributed by atoms with Crippen LogP contribution in [0.2, 0.25) is 0 Å². The van der Waals surface area contributed by atoms with Gasteiger partial charge >= 0.3 is 37.7 Å². The molecular weight excluding hydrogens is 531 g/mol. The predicted molar refractivity (Wildman–Crippen MR) is 129 cm³/mol. The van der Waals surface area contributed by atoms with Crippen LogP contribution >= 0.6 is 7.82 Å². The summed E-state index contributed by atoms with van der Waals surface area (Å²) in [6.45, 7) is 3.74. The fraction of sp³-hybridized carbons (Fsp3) is 1.00. The van der Waals surface area contributed by atoms with Crippen molar-refractivity contribution in [1.29, 1.82) is 0 Å². The van der Waals surface area contributed by atoms with Gasteiger partial charge in [-0.2, -0.15) is 7.82 Å². The Hall–Kier alpha value is 1.34. The zero-order valence-electron chi connectivity index (χ0n) is 24.3. The molecule has 0 rings (SSSR count). The number of phosphoric acid groups is 1. The third-order valence-corrected chi connectivity index (χ3v) is 3.07. The van der Waals surface area contributed by atoms with E-state index in [-0.39, 0.29) is 76.6 Å². The Labute approximate surface area is 251 Å². The Morgan fingerprint density at radius 3 is 0.686 bits per heavy atom. The van der Waals surface area contributed by atoms with E-state index in [1.165, 1.54) is 0 Å². The van der Waals surface area contributed by atoms with Crippen molar-refractivity contribution < 1.29 is 70.0 Å². The second-order valence-corrected chi connectivity index (χ2v) is 12.3. The van der Waals surface area contributed by atoms with Gasteiger partial charge in [0, 0.05) is 0 Å². The minimum Gasteiger partial charge on any atom is -1.00 e. The summed E-state index contributed by atoms with van der Waals surface area (Å²) in [5.74, 6) is 0. The van der Waals surface area contributed by atoms with Gasteiger partial charge in [0.05, 0.1) is 111 Å². The molecule has 0 radical (unpaired) electrons. The molecule has 0 aromatic carbocycles. The molecule has 0 aromatic rings. The number of likely N-dealkylation sites (N-methyl/N-ethyl adjacent to an activating group) is 4. The first-order valence-corrected chi connectivity index (χ1v) is 12.0. The summed E-state index contributed by atoms with van der Waals surface area (Å²) in [6.07, 6.45) is 0. The van der Waals surface area contributed by atoms with Crippen LogP contribution in [0.3, 0.4) is 0 Å². The molecule has 0 saturated carbocycles. The van der Waals surface area contributed by atoms with E-state index in [0.717, 1.165) is 44.1 Å². The van der Waals surface area contributed by atoms with Gasteiger partial charge in [0.25, 0.3) is 0 Å². The largest absolute Gasteiger partial charge is 2.00 e. The summed E-state index contributed by atoms with van der Waals surface area (Å²) in [6, 6.07) is 0. The molecule has 216 valence electrons. The zero-order valence-corrected chi connectivity index (χ0v) is 28.2. The van der Waals surface area contributed by atoms with E-state index in [1.54, 1.807) is 0 Å². The molecule has 35 heavy (non-hydrogen) atoms. The number of hydrogen-bond acceptors (Lipinski definition) is 8. The number of aliphatic hydroxyl groups excluding tert-OH is 2. The minimum absolute atomic E-state index is 0. The second kappa shape index (κ2) is 26.9. The van der Waals surface area contributed by atoms with Crippen molar-refractivity contribution in [3.63, 3.8) is 0 Å². The second-order valence-electron chi connectivity index (χ2n) is 11.4. The van der Waals surface area contributed by atoms with Crippen molar-refractivity contribution in [1.82, 2.24) is 0 Å². The van der Waals surface area contributed by atoms with Crippen LogP contribution < -0.4 is 37.3 Å². The molecule has 15 heteroatoms. The van der Waals surface area contributed by atoms with Crippen molar-refractivity contribution >= 4 is 45.6 Å². The first-order chi connectivity index (χ1) is 14.2. The number of halogens is 1. The Morgan fingerprint density at radius 2 is 0.686 bits per heavy atom. The van der Waals surface area contributed by atoms with Crippen LogP contribution in [0.1, 0.15) is 0 Å². The molecule has 0 aliphatic rings. The van der Waals surface area contributed by atoms with Crippen molar-refractivity contribution in [2.75, 3.05) is 137 Å². The van der Waals surface area contributed by atoms with Crippen LogP contribution in [0.25, 0.3) is 0 Å². The molecule has 0 fully saturated rings. The molecule has 0 saturated heterocycles. The van der Waals surface area contributed by atoms with Crippen LogP contribution in [0.15, 0.2) is 0 Å². The Balaban J connectivity index is -0.0000000555. The van der Waals surface area contributed by atoms with Crippen molar-refractivity contribution in [3.05, 3.63) is 0 Å². The molecule has 2 N–H and O–H groups in total. The van der Waals surface area contributed by atoms with Crippen molar-refractivity contribution in [3.8, 4) is 0 Å². The van der Waals surface area contributed by atoms with Crippen molar-refractivity contribution in [2.45, 2.75) is 0 Å². The van der Waals surface area contributed by atoms with Crippen LogP contribution in [0, 0.1) is 0 Å². The van der Waals surface area contributed by atoms with E-state index >= 15 is 0 Å². The van der Waals surface area contributed by atoms with Crippen molar-refractivity contribution in [2.24, 2.45) is 0 Å². The monoisotopic (exact) mass is 584 g/mol. The molecule has 0 atom stereocenters. The number of hydrogen-bond donors (Lipinski definition) is 2. The molecule has 0 aliphatic heterocycles. The fourth-order valence-electron chi connectivity index (χ4n) is 1.15. The molecule has 0 amide bonds. The third-order valence-electron chi connectivity index (χ3n) is 3.07.